The van der Waals surface area contributed by atoms with Gasteiger partial charge in [0.25, 0.3) is 0 Å². The van der Waals surface area contributed by atoms with Gasteiger partial charge in [0, 0.05) is 19.0 Å². The Hall–Kier alpha value is -3.17. The van der Waals surface area contributed by atoms with Crippen molar-refractivity contribution in [1.29, 1.82) is 0 Å². The fraction of sp³-hybridized carbons (Fsp3) is 0.667. The highest BCUT2D eigenvalue weighted by Gasteiger charge is 2.36. The molecule has 4 N–H and O–H groups in total. The molecule has 0 aliphatic carbocycles. The summed E-state index contributed by atoms with van der Waals surface area (Å²) < 4.78 is 45.0. The molecular formula is C24H35N4O10S-. The summed E-state index contributed by atoms with van der Waals surface area (Å²) in [7, 11) is -5.22. The number of carbonyl (C=O) groups excluding carboxylic acids is 4. The van der Waals surface area contributed by atoms with Gasteiger partial charge in [-0.05, 0) is 43.7 Å². The number of furan rings is 1. The Morgan fingerprint density at radius 3 is 2.59 bits per heavy atom. The van der Waals surface area contributed by atoms with E-state index in [1.165, 1.54) is 6.26 Å². The largest absolute Gasteiger partial charge is 0.746 e. The van der Waals surface area contributed by atoms with Gasteiger partial charge in [0.15, 0.2) is 5.44 Å². The molecule has 4 amide bonds. The Morgan fingerprint density at radius 1 is 1.26 bits per heavy atom. The van der Waals surface area contributed by atoms with Crippen LogP contribution in [0.1, 0.15) is 45.3 Å². The maximum absolute atomic E-state index is 13.1. The average molecular weight is 572 g/mol. The lowest BCUT2D eigenvalue weighted by molar-refractivity contribution is -0.132. The number of alkyl carbamates (subject to hydrolysis) is 1. The third kappa shape index (κ3) is 8.66. The number of nitrogens with one attached hydrogen (secondary N) is 3. The number of ether oxygens (including phenoxy) is 1. The van der Waals surface area contributed by atoms with Gasteiger partial charge < -0.3 is 39.7 Å². The Morgan fingerprint density at radius 2 is 2.00 bits per heavy atom. The minimum atomic E-state index is -5.22. The highest BCUT2D eigenvalue weighted by molar-refractivity contribution is 7.86. The molecule has 218 valence electrons. The fourth-order valence-corrected chi connectivity index (χ4v) is 5.26. The molecule has 3 heterocycles. The third-order valence-corrected chi connectivity index (χ3v) is 7.66. The topological polar surface area (TPSA) is 207 Å². The molecule has 2 fully saturated rings. The molecule has 2 saturated heterocycles. The zero-order chi connectivity index (χ0) is 28.7. The van der Waals surface area contributed by atoms with Crippen LogP contribution in [0.15, 0.2) is 22.8 Å². The maximum Gasteiger partial charge on any atom is 0.407 e. The van der Waals surface area contributed by atoms with Gasteiger partial charge in [-0.2, -0.15) is 0 Å². The molecule has 15 heteroatoms. The summed E-state index contributed by atoms with van der Waals surface area (Å²) in [4.78, 5) is 51.8. The first-order valence-electron chi connectivity index (χ1n) is 12.8. The Labute approximate surface area is 226 Å². The summed E-state index contributed by atoms with van der Waals surface area (Å²) in [5.41, 5.74) is -2.49. The SMILES string of the molecule is CC(C)C[C@H](NC(=O)OCC1CCN(Cc2ccco2)C1=O)C(=O)N[C@@H](C[C@@H]1CCNC1=O)C(O)S(=O)(=O)[O-]. The number of carbonyl (C=O) groups is 4. The number of nitrogens with zero attached hydrogens (tertiary/aromatic N) is 1. The molecule has 0 saturated carbocycles. The second-order valence-electron chi connectivity index (χ2n) is 10.3. The molecule has 0 aromatic carbocycles. The highest BCUT2D eigenvalue weighted by Crippen LogP contribution is 2.22. The van der Waals surface area contributed by atoms with Crippen LogP contribution < -0.4 is 16.0 Å². The summed E-state index contributed by atoms with van der Waals surface area (Å²) in [5, 5.41) is 17.4. The normalized spacial score (nSPS) is 21.9. The molecular weight excluding hydrogens is 536 g/mol. The number of aliphatic hydroxyl groups is 1. The average Bonchev–Trinajstić information content (AvgIpc) is 3.59. The highest BCUT2D eigenvalue weighted by atomic mass is 32.2. The zero-order valence-electron chi connectivity index (χ0n) is 21.8. The van der Waals surface area contributed by atoms with Gasteiger partial charge in [0.2, 0.25) is 17.7 Å². The van der Waals surface area contributed by atoms with E-state index in [0.717, 1.165) is 0 Å². The van der Waals surface area contributed by atoms with E-state index in [2.05, 4.69) is 16.0 Å². The number of aliphatic hydroxyl groups excluding tert-OH is 1. The van der Waals surface area contributed by atoms with Gasteiger partial charge in [-0.25, -0.2) is 13.2 Å². The fourth-order valence-electron chi connectivity index (χ4n) is 4.68. The Bertz CT molecular complexity index is 1120. The van der Waals surface area contributed by atoms with Crippen molar-refractivity contribution in [2.75, 3.05) is 19.7 Å². The lowest BCUT2D eigenvalue weighted by atomic mass is 9.97. The van der Waals surface area contributed by atoms with Crippen LogP contribution in [0.25, 0.3) is 0 Å². The number of hydrogen-bond acceptors (Lipinski definition) is 10. The van der Waals surface area contributed by atoms with E-state index in [1.807, 2.05) is 0 Å². The molecule has 3 rings (SSSR count). The monoisotopic (exact) mass is 571 g/mol. The predicted molar refractivity (Wildman–Crippen MR) is 133 cm³/mol. The predicted octanol–water partition coefficient (Wildman–Crippen LogP) is -0.356. The second kappa shape index (κ2) is 13.3. The first-order valence-corrected chi connectivity index (χ1v) is 14.3. The van der Waals surface area contributed by atoms with Crippen LogP contribution in [0.4, 0.5) is 4.79 Å². The minimum Gasteiger partial charge on any atom is -0.746 e. The van der Waals surface area contributed by atoms with Crippen molar-refractivity contribution in [3.05, 3.63) is 24.2 Å². The van der Waals surface area contributed by atoms with Crippen molar-refractivity contribution in [3.8, 4) is 0 Å². The molecule has 0 radical (unpaired) electrons. The van der Waals surface area contributed by atoms with Crippen LogP contribution in [0, 0.1) is 17.8 Å². The first-order chi connectivity index (χ1) is 18.3. The molecule has 2 aliphatic heterocycles. The van der Waals surface area contributed by atoms with E-state index in [4.69, 9.17) is 9.15 Å². The van der Waals surface area contributed by atoms with Crippen LogP contribution >= 0.6 is 0 Å². The smallest absolute Gasteiger partial charge is 0.407 e. The number of amides is 4. The number of hydrogen-bond donors (Lipinski definition) is 4. The van der Waals surface area contributed by atoms with Crippen LogP contribution in [-0.2, 0) is 35.8 Å². The van der Waals surface area contributed by atoms with Crippen molar-refractivity contribution >= 4 is 33.9 Å². The molecule has 2 aliphatic rings. The molecule has 39 heavy (non-hydrogen) atoms. The molecule has 2 unspecified atom stereocenters. The molecule has 1 aromatic heterocycles. The molecule has 14 nitrogen and oxygen atoms in total. The Balaban J connectivity index is 1.58. The van der Waals surface area contributed by atoms with Crippen LogP contribution in [0.5, 0.6) is 0 Å². The summed E-state index contributed by atoms with van der Waals surface area (Å²) in [6.45, 7) is 4.49. The van der Waals surface area contributed by atoms with Crippen molar-refractivity contribution < 1.29 is 46.4 Å². The zero-order valence-corrected chi connectivity index (χ0v) is 22.6. The minimum absolute atomic E-state index is 0.0974. The number of likely N-dealkylation sites (tertiary alicyclic amines) is 1. The second-order valence-corrected chi connectivity index (χ2v) is 11.7. The van der Waals surface area contributed by atoms with Gasteiger partial charge in [0.05, 0.1) is 24.8 Å². The van der Waals surface area contributed by atoms with Crippen molar-refractivity contribution in [2.24, 2.45) is 17.8 Å². The lowest BCUT2D eigenvalue weighted by Gasteiger charge is -2.29. The number of rotatable bonds is 13. The van der Waals surface area contributed by atoms with E-state index in [1.54, 1.807) is 30.9 Å². The Kier molecular flexibility index (Phi) is 10.3. The first kappa shape index (κ1) is 30.4. The van der Waals surface area contributed by atoms with Gasteiger partial charge >= 0.3 is 6.09 Å². The van der Waals surface area contributed by atoms with E-state index >= 15 is 0 Å². The molecule has 0 bridgehead atoms. The summed E-state index contributed by atoms with van der Waals surface area (Å²) >= 11 is 0. The van der Waals surface area contributed by atoms with Gasteiger partial charge in [0.1, 0.15) is 28.5 Å². The lowest BCUT2D eigenvalue weighted by Crippen LogP contribution is -2.55. The molecule has 1 aromatic rings. The van der Waals surface area contributed by atoms with Gasteiger partial charge in [-0.15, -0.1) is 0 Å². The summed E-state index contributed by atoms with van der Waals surface area (Å²) in [6.07, 6.45) is 1.21. The van der Waals surface area contributed by atoms with Crippen LogP contribution in [-0.4, -0.2) is 84.0 Å². The quantitative estimate of drug-likeness (QED) is 0.226. The van der Waals surface area contributed by atoms with Crippen LogP contribution in [0.3, 0.4) is 0 Å². The van der Waals surface area contributed by atoms with E-state index in [-0.39, 0.29) is 37.2 Å². The van der Waals surface area contributed by atoms with Crippen molar-refractivity contribution in [1.82, 2.24) is 20.9 Å². The van der Waals surface area contributed by atoms with Crippen molar-refractivity contribution in [3.63, 3.8) is 0 Å². The third-order valence-electron chi connectivity index (χ3n) is 6.74. The van der Waals surface area contributed by atoms with E-state index < -0.39 is 51.5 Å². The van der Waals surface area contributed by atoms with E-state index in [0.29, 0.717) is 38.2 Å². The van der Waals surface area contributed by atoms with E-state index in [9.17, 15) is 37.3 Å². The van der Waals surface area contributed by atoms with Gasteiger partial charge in [-0.1, -0.05) is 13.8 Å². The molecule has 5 atom stereocenters. The summed E-state index contributed by atoms with van der Waals surface area (Å²) in [5.74, 6) is -2.15. The summed E-state index contributed by atoms with van der Waals surface area (Å²) in [6, 6.07) is 0.702. The van der Waals surface area contributed by atoms with Crippen LogP contribution in [0.2, 0.25) is 0 Å². The molecule has 0 spiro atoms. The van der Waals surface area contributed by atoms with Gasteiger partial charge in [-0.3, -0.25) is 14.4 Å². The van der Waals surface area contributed by atoms with Crippen molar-refractivity contribution in [2.45, 2.75) is 63.6 Å². The maximum atomic E-state index is 13.1. The standard InChI is InChI=1S/C24H36N4O10S/c1-14(2)10-18(21(30)26-19(23(32)39(34,35)36)11-15-5-7-25-20(15)29)27-24(33)38-13-16-6-8-28(22(16)31)12-17-4-3-9-37-17/h3-4,9,14-16,18-19,23,32H,5-8,10-13H2,1-2H3,(H,25,29)(H,26,30)(H,27,33)(H,34,35,36)/p-1/t15-,16?,18-,19-,23?/m0/s1.